The average Bonchev–Trinajstić information content (AvgIpc) is 2.53. The number of hydrogen-bond donors (Lipinski definition) is 2. The maximum atomic E-state index is 13.1. The first-order valence-electron chi connectivity index (χ1n) is 9.74. The third-order valence-corrected chi connectivity index (χ3v) is 4.81. The van der Waals surface area contributed by atoms with E-state index in [0.717, 1.165) is 24.3 Å². The topological polar surface area (TPSA) is 70.7 Å². The Labute approximate surface area is 162 Å². The smallest absolute Gasteiger partial charge is 0.238 e. The fraction of sp³-hybridized carbons (Fsp3) is 0.619. The van der Waals surface area contributed by atoms with Crippen molar-refractivity contribution in [3.8, 4) is 0 Å². The van der Waals surface area contributed by atoms with E-state index in [1.165, 1.54) is 6.92 Å². The molecule has 27 heavy (non-hydrogen) atoms. The molecule has 2 rings (SSSR count). The summed E-state index contributed by atoms with van der Waals surface area (Å²) < 4.78 is 5.81. The lowest BCUT2D eigenvalue weighted by molar-refractivity contribution is -0.136. The molecule has 0 aliphatic carbocycles. The lowest BCUT2D eigenvalue weighted by Gasteiger charge is -2.41. The van der Waals surface area contributed by atoms with Gasteiger partial charge >= 0.3 is 0 Å². The molecule has 6 nitrogen and oxygen atoms in total. The molecule has 0 saturated carbocycles. The molecule has 0 radical (unpaired) electrons. The molecule has 1 fully saturated rings. The zero-order valence-electron chi connectivity index (χ0n) is 17.3. The number of carbonyl (C=O) groups excluding carboxylic acids is 2. The van der Waals surface area contributed by atoms with E-state index in [1.807, 2.05) is 45.0 Å². The molecule has 1 aromatic carbocycles. The SMILES string of the molecule is CC(=O)Nc1cccc([C@H](C)NC(=O)[C@H](C(C)C)N2C[C@@H](C)O[C@H](C)C2)c1. The summed E-state index contributed by atoms with van der Waals surface area (Å²) in [5.74, 6) is 0.114. The molecule has 1 heterocycles. The number of nitrogens with zero attached hydrogens (tertiary/aromatic N) is 1. The Kier molecular flexibility index (Phi) is 7.39. The number of morpholine rings is 1. The van der Waals surface area contributed by atoms with Crippen molar-refractivity contribution in [3.63, 3.8) is 0 Å². The van der Waals surface area contributed by atoms with Crippen molar-refractivity contribution >= 4 is 17.5 Å². The van der Waals surface area contributed by atoms with Crippen molar-refractivity contribution in [3.05, 3.63) is 29.8 Å². The summed E-state index contributed by atoms with van der Waals surface area (Å²) in [7, 11) is 0. The Morgan fingerprint density at radius 1 is 1.15 bits per heavy atom. The van der Waals surface area contributed by atoms with Crippen LogP contribution in [0.5, 0.6) is 0 Å². The van der Waals surface area contributed by atoms with Crippen LogP contribution in [0.3, 0.4) is 0 Å². The van der Waals surface area contributed by atoms with Gasteiger partial charge in [0.1, 0.15) is 0 Å². The number of benzene rings is 1. The lowest BCUT2D eigenvalue weighted by atomic mass is 9.98. The predicted octanol–water partition coefficient (Wildman–Crippen LogP) is 2.96. The van der Waals surface area contributed by atoms with Crippen LogP contribution in [0.4, 0.5) is 5.69 Å². The maximum Gasteiger partial charge on any atom is 0.238 e. The fourth-order valence-corrected chi connectivity index (χ4v) is 3.81. The van der Waals surface area contributed by atoms with Crippen molar-refractivity contribution in [2.45, 2.75) is 65.8 Å². The monoisotopic (exact) mass is 375 g/mol. The molecule has 0 aromatic heterocycles. The number of anilines is 1. The molecular formula is C21H33N3O3. The van der Waals surface area contributed by atoms with Gasteiger partial charge < -0.3 is 15.4 Å². The number of amides is 2. The second-order valence-electron chi connectivity index (χ2n) is 7.94. The summed E-state index contributed by atoms with van der Waals surface area (Å²) in [4.78, 5) is 26.6. The Balaban J connectivity index is 2.09. The predicted molar refractivity (Wildman–Crippen MR) is 108 cm³/mol. The fourth-order valence-electron chi connectivity index (χ4n) is 3.81. The molecule has 1 aromatic rings. The third kappa shape index (κ3) is 6.04. The van der Waals surface area contributed by atoms with Crippen LogP contribution in [-0.4, -0.2) is 48.1 Å². The molecule has 0 bridgehead atoms. The number of ether oxygens (including phenoxy) is 1. The van der Waals surface area contributed by atoms with Crippen molar-refractivity contribution < 1.29 is 14.3 Å². The molecule has 6 heteroatoms. The van der Waals surface area contributed by atoms with E-state index in [2.05, 4.69) is 29.4 Å². The minimum absolute atomic E-state index is 0.0312. The normalized spacial score (nSPS) is 22.9. The van der Waals surface area contributed by atoms with Gasteiger partial charge in [-0.25, -0.2) is 0 Å². The number of hydrogen-bond acceptors (Lipinski definition) is 4. The van der Waals surface area contributed by atoms with Gasteiger partial charge in [0.25, 0.3) is 0 Å². The van der Waals surface area contributed by atoms with E-state index in [0.29, 0.717) is 0 Å². The van der Waals surface area contributed by atoms with E-state index in [-0.39, 0.29) is 42.0 Å². The van der Waals surface area contributed by atoms with E-state index < -0.39 is 0 Å². The molecule has 2 N–H and O–H groups in total. The van der Waals surface area contributed by atoms with Gasteiger partial charge in [-0.05, 0) is 44.4 Å². The van der Waals surface area contributed by atoms with E-state index in [1.54, 1.807) is 0 Å². The van der Waals surface area contributed by atoms with Crippen LogP contribution in [-0.2, 0) is 14.3 Å². The van der Waals surface area contributed by atoms with Crippen molar-refractivity contribution in [2.75, 3.05) is 18.4 Å². The van der Waals surface area contributed by atoms with Crippen LogP contribution in [0.25, 0.3) is 0 Å². The van der Waals surface area contributed by atoms with Gasteiger partial charge in [0.05, 0.1) is 24.3 Å². The third-order valence-electron chi connectivity index (χ3n) is 4.81. The average molecular weight is 376 g/mol. The first kappa shape index (κ1) is 21.4. The lowest BCUT2D eigenvalue weighted by Crippen LogP contribution is -2.57. The quantitative estimate of drug-likeness (QED) is 0.802. The van der Waals surface area contributed by atoms with Crippen LogP contribution < -0.4 is 10.6 Å². The highest BCUT2D eigenvalue weighted by molar-refractivity contribution is 5.88. The molecular weight excluding hydrogens is 342 g/mol. The summed E-state index contributed by atoms with van der Waals surface area (Å²) in [5.41, 5.74) is 1.69. The molecule has 1 aliphatic rings. The first-order chi connectivity index (χ1) is 12.7. The Hall–Kier alpha value is -1.92. The largest absolute Gasteiger partial charge is 0.373 e. The highest BCUT2D eigenvalue weighted by Gasteiger charge is 2.34. The van der Waals surface area contributed by atoms with Gasteiger partial charge in [0, 0.05) is 25.7 Å². The van der Waals surface area contributed by atoms with E-state index in [9.17, 15) is 9.59 Å². The van der Waals surface area contributed by atoms with E-state index >= 15 is 0 Å². The van der Waals surface area contributed by atoms with Crippen LogP contribution in [0, 0.1) is 5.92 Å². The van der Waals surface area contributed by atoms with Crippen LogP contribution in [0.1, 0.15) is 53.1 Å². The summed E-state index contributed by atoms with van der Waals surface area (Å²) in [5, 5.41) is 5.93. The zero-order valence-corrected chi connectivity index (χ0v) is 17.3. The highest BCUT2D eigenvalue weighted by Crippen LogP contribution is 2.21. The molecule has 0 unspecified atom stereocenters. The van der Waals surface area contributed by atoms with Gasteiger partial charge in [0.15, 0.2) is 0 Å². The van der Waals surface area contributed by atoms with Gasteiger partial charge in [-0.2, -0.15) is 0 Å². The zero-order chi connectivity index (χ0) is 20.1. The second kappa shape index (κ2) is 9.33. The molecule has 0 spiro atoms. The first-order valence-corrected chi connectivity index (χ1v) is 9.74. The Morgan fingerprint density at radius 2 is 1.78 bits per heavy atom. The summed E-state index contributed by atoms with van der Waals surface area (Å²) >= 11 is 0. The van der Waals surface area contributed by atoms with Gasteiger partial charge in [0.2, 0.25) is 11.8 Å². The highest BCUT2D eigenvalue weighted by atomic mass is 16.5. The minimum atomic E-state index is -0.195. The Bertz CT molecular complexity index is 652. The standard InChI is InChI=1S/C21H33N3O3/c1-13(2)20(24-11-14(3)27-15(4)12-24)21(26)22-16(5)18-8-7-9-19(10-18)23-17(6)25/h7-10,13-16,20H,11-12H2,1-6H3,(H,22,26)(H,23,25)/t14-,15-,16+,20+/m1/s1. The molecule has 4 atom stereocenters. The maximum absolute atomic E-state index is 13.1. The minimum Gasteiger partial charge on any atom is -0.373 e. The van der Waals surface area contributed by atoms with Crippen LogP contribution >= 0.6 is 0 Å². The molecule has 1 aliphatic heterocycles. The molecule has 2 amide bonds. The van der Waals surface area contributed by atoms with Gasteiger partial charge in [-0.1, -0.05) is 26.0 Å². The second-order valence-corrected chi connectivity index (χ2v) is 7.94. The van der Waals surface area contributed by atoms with Crippen LogP contribution in [0.2, 0.25) is 0 Å². The number of nitrogens with one attached hydrogen (secondary N) is 2. The number of rotatable bonds is 6. The summed E-state index contributed by atoms with van der Waals surface area (Å²) in [6.45, 7) is 13.2. The van der Waals surface area contributed by atoms with Crippen molar-refractivity contribution in [2.24, 2.45) is 5.92 Å². The Morgan fingerprint density at radius 3 is 2.33 bits per heavy atom. The number of carbonyl (C=O) groups is 2. The van der Waals surface area contributed by atoms with Crippen molar-refractivity contribution in [1.29, 1.82) is 0 Å². The van der Waals surface area contributed by atoms with E-state index in [4.69, 9.17) is 4.74 Å². The van der Waals surface area contributed by atoms with Crippen molar-refractivity contribution in [1.82, 2.24) is 10.2 Å². The van der Waals surface area contributed by atoms with Gasteiger partial charge in [-0.15, -0.1) is 0 Å². The van der Waals surface area contributed by atoms with Crippen LogP contribution in [0.15, 0.2) is 24.3 Å². The summed E-state index contributed by atoms with van der Waals surface area (Å²) in [6.07, 6.45) is 0.240. The molecule has 1 saturated heterocycles. The summed E-state index contributed by atoms with van der Waals surface area (Å²) in [6, 6.07) is 7.24. The molecule has 150 valence electrons. The van der Waals surface area contributed by atoms with Gasteiger partial charge in [-0.3, -0.25) is 14.5 Å².